The summed E-state index contributed by atoms with van der Waals surface area (Å²) in [5, 5.41) is 8.75. The SMILES string of the molecule is CCOc1ccc(CC(NC(=O)c2ccccc2)C(=O)NC(Cc2ccccc2)C(=O)NCc2ccc(CN)cc2)cc1. The van der Waals surface area contributed by atoms with Crippen LogP contribution in [0.25, 0.3) is 0 Å². The van der Waals surface area contributed by atoms with Gasteiger partial charge in [0.25, 0.3) is 5.91 Å². The number of nitrogens with one attached hydrogen (secondary N) is 3. The molecule has 4 rings (SSSR count). The third-order valence-electron chi connectivity index (χ3n) is 6.97. The van der Waals surface area contributed by atoms with Crippen molar-refractivity contribution in [3.63, 3.8) is 0 Å². The van der Waals surface area contributed by atoms with E-state index >= 15 is 0 Å². The lowest BCUT2D eigenvalue weighted by Crippen LogP contribution is -2.55. The van der Waals surface area contributed by atoms with E-state index in [1.807, 2.05) is 91.9 Å². The van der Waals surface area contributed by atoms with E-state index in [-0.39, 0.29) is 24.7 Å². The second kappa shape index (κ2) is 15.9. The van der Waals surface area contributed by atoms with Gasteiger partial charge in [0, 0.05) is 31.5 Å². The van der Waals surface area contributed by atoms with Crippen LogP contribution < -0.4 is 26.4 Å². The zero-order chi connectivity index (χ0) is 30.4. The van der Waals surface area contributed by atoms with Gasteiger partial charge in [0.05, 0.1) is 6.61 Å². The summed E-state index contributed by atoms with van der Waals surface area (Å²) in [5.74, 6) is -0.439. The summed E-state index contributed by atoms with van der Waals surface area (Å²) in [4.78, 5) is 40.4. The second-order valence-electron chi connectivity index (χ2n) is 10.2. The van der Waals surface area contributed by atoms with E-state index in [1.54, 1.807) is 24.3 Å². The number of amides is 3. The largest absolute Gasteiger partial charge is 0.494 e. The van der Waals surface area contributed by atoms with Crippen LogP contribution in [-0.4, -0.2) is 36.4 Å². The summed E-state index contributed by atoms with van der Waals surface area (Å²) in [6.07, 6.45) is 0.511. The first-order valence-corrected chi connectivity index (χ1v) is 14.4. The molecule has 0 aliphatic carbocycles. The number of rotatable bonds is 14. The monoisotopic (exact) mass is 578 g/mol. The van der Waals surface area contributed by atoms with Crippen LogP contribution in [0, 0.1) is 0 Å². The molecule has 0 saturated heterocycles. The van der Waals surface area contributed by atoms with E-state index < -0.39 is 18.0 Å². The van der Waals surface area contributed by atoms with Gasteiger partial charge in [-0.2, -0.15) is 0 Å². The molecule has 43 heavy (non-hydrogen) atoms. The molecule has 5 N–H and O–H groups in total. The molecule has 2 atom stereocenters. The molecule has 2 unspecified atom stereocenters. The first-order chi connectivity index (χ1) is 20.9. The average Bonchev–Trinajstić information content (AvgIpc) is 3.05. The van der Waals surface area contributed by atoms with Crippen LogP contribution in [0.5, 0.6) is 5.75 Å². The highest BCUT2D eigenvalue weighted by Gasteiger charge is 2.27. The summed E-state index contributed by atoms with van der Waals surface area (Å²) in [5.41, 5.74) is 9.78. The van der Waals surface area contributed by atoms with Crippen molar-refractivity contribution in [1.82, 2.24) is 16.0 Å². The number of ether oxygens (including phenoxy) is 1. The number of hydrogen-bond acceptors (Lipinski definition) is 5. The zero-order valence-corrected chi connectivity index (χ0v) is 24.3. The third-order valence-corrected chi connectivity index (χ3v) is 6.97. The topological polar surface area (TPSA) is 123 Å². The molecular weight excluding hydrogens is 540 g/mol. The molecule has 0 radical (unpaired) electrons. The maximum absolute atomic E-state index is 13.8. The summed E-state index contributed by atoms with van der Waals surface area (Å²) >= 11 is 0. The Labute approximate surface area is 252 Å². The van der Waals surface area contributed by atoms with Gasteiger partial charge in [0.2, 0.25) is 11.8 Å². The minimum absolute atomic E-state index is 0.226. The Bertz CT molecular complexity index is 1460. The molecule has 8 heteroatoms. The van der Waals surface area contributed by atoms with E-state index in [9.17, 15) is 14.4 Å². The number of nitrogens with two attached hydrogens (primary N) is 1. The Morgan fingerprint density at radius 2 is 1.19 bits per heavy atom. The summed E-state index contributed by atoms with van der Waals surface area (Å²) in [6, 6.07) is 31.5. The van der Waals surface area contributed by atoms with Crippen LogP contribution in [0.3, 0.4) is 0 Å². The van der Waals surface area contributed by atoms with Crippen LogP contribution >= 0.6 is 0 Å². The Morgan fingerprint density at radius 1 is 0.651 bits per heavy atom. The van der Waals surface area contributed by atoms with Crippen LogP contribution in [0.15, 0.2) is 109 Å². The summed E-state index contributed by atoms with van der Waals surface area (Å²) in [6.45, 7) is 3.19. The van der Waals surface area contributed by atoms with Crippen molar-refractivity contribution in [1.29, 1.82) is 0 Å². The van der Waals surface area contributed by atoms with Crippen molar-refractivity contribution in [2.75, 3.05) is 6.61 Å². The van der Waals surface area contributed by atoms with Crippen LogP contribution in [-0.2, 0) is 35.5 Å². The van der Waals surface area contributed by atoms with Gasteiger partial charge in [-0.25, -0.2) is 0 Å². The predicted octanol–water partition coefficient (Wildman–Crippen LogP) is 3.93. The normalized spacial score (nSPS) is 12.0. The fourth-order valence-corrected chi connectivity index (χ4v) is 4.60. The number of carbonyl (C=O) groups is 3. The highest BCUT2D eigenvalue weighted by Crippen LogP contribution is 2.15. The third kappa shape index (κ3) is 9.55. The average molecular weight is 579 g/mol. The Kier molecular flexibility index (Phi) is 11.5. The first-order valence-electron chi connectivity index (χ1n) is 14.4. The number of hydrogen-bond donors (Lipinski definition) is 4. The van der Waals surface area contributed by atoms with Gasteiger partial charge in [-0.1, -0.05) is 84.9 Å². The van der Waals surface area contributed by atoms with Crippen molar-refractivity contribution in [3.8, 4) is 5.75 Å². The molecule has 4 aromatic carbocycles. The van der Waals surface area contributed by atoms with E-state index in [0.717, 1.165) is 28.0 Å². The van der Waals surface area contributed by atoms with E-state index in [0.29, 0.717) is 25.3 Å². The highest BCUT2D eigenvalue weighted by atomic mass is 16.5. The molecule has 0 aliphatic rings. The molecule has 0 aromatic heterocycles. The van der Waals surface area contributed by atoms with Gasteiger partial charge in [0.1, 0.15) is 17.8 Å². The minimum Gasteiger partial charge on any atom is -0.494 e. The molecule has 0 bridgehead atoms. The standard InChI is InChI=1S/C35H38N4O4/c1-2-43-30-19-17-26(18-20-30)22-32(38-33(40)29-11-7-4-8-12-29)35(42)39-31(21-25-9-5-3-6-10-25)34(41)37-24-28-15-13-27(23-36)14-16-28/h3-20,31-32H,2,21-24,36H2,1H3,(H,37,41)(H,38,40)(H,39,42). The molecule has 0 aliphatic heterocycles. The van der Waals surface area contributed by atoms with Crippen molar-refractivity contribution in [3.05, 3.63) is 137 Å². The Hall–Kier alpha value is -4.95. The quantitative estimate of drug-likeness (QED) is 0.181. The Balaban J connectivity index is 1.53. The fourth-order valence-electron chi connectivity index (χ4n) is 4.60. The lowest BCUT2D eigenvalue weighted by atomic mass is 10.0. The molecule has 8 nitrogen and oxygen atoms in total. The molecule has 0 spiro atoms. The maximum atomic E-state index is 13.8. The Morgan fingerprint density at radius 3 is 1.79 bits per heavy atom. The van der Waals surface area contributed by atoms with Gasteiger partial charge in [-0.05, 0) is 53.4 Å². The molecule has 0 heterocycles. The number of benzene rings is 4. The van der Waals surface area contributed by atoms with Gasteiger partial charge < -0.3 is 26.4 Å². The smallest absolute Gasteiger partial charge is 0.251 e. The van der Waals surface area contributed by atoms with Crippen LogP contribution in [0.2, 0.25) is 0 Å². The van der Waals surface area contributed by atoms with Gasteiger partial charge in [0.15, 0.2) is 0 Å². The van der Waals surface area contributed by atoms with Crippen LogP contribution in [0.4, 0.5) is 0 Å². The number of carbonyl (C=O) groups excluding carboxylic acids is 3. The molecule has 0 saturated carbocycles. The predicted molar refractivity (Wildman–Crippen MR) is 167 cm³/mol. The fraction of sp³-hybridized carbons (Fsp3) is 0.229. The highest BCUT2D eigenvalue weighted by molar-refractivity contribution is 5.98. The van der Waals surface area contributed by atoms with E-state index in [4.69, 9.17) is 10.5 Å². The molecule has 0 fully saturated rings. The van der Waals surface area contributed by atoms with Crippen LogP contribution in [0.1, 0.15) is 39.5 Å². The van der Waals surface area contributed by atoms with Gasteiger partial charge >= 0.3 is 0 Å². The second-order valence-corrected chi connectivity index (χ2v) is 10.2. The molecular formula is C35H38N4O4. The summed E-state index contributed by atoms with van der Waals surface area (Å²) < 4.78 is 5.54. The zero-order valence-electron chi connectivity index (χ0n) is 24.3. The van der Waals surface area contributed by atoms with E-state index in [1.165, 1.54) is 0 Å². The van der Waals surface area contributed by atoms with Gasteiger partial charge in [-0.3, -0.25) is 14.4 Å². The molecule has 4 aromatic rings. The van der Waals surface area contributed by atoms with E-state index in [2.05, 4.69) is 16.0 Å². The summed E-state index contributed by atoms with van der Waals surface area (Å²) in [7, 11) is 0. The van der Waals surface area contributed by atoms with Crippen molar-refractivity contribution in [2.24, 2.45) is 5.73 Å². The van der Waals surface area contributed by atoms with Gasteiger partial charge in [-0.15, -0.1) is 0 Å². The minimum atomic E-state index is -0.930. The molecule has 222 valence electrons. The van der Waals surface area contributed by atoms with Crippen molar-refractivity contribution >= 4 is 17.7 Å². The maximum Gasteiger partial charge on any atom is 0.251 e. The van der Waals surface area contributed by atoms with Crippen molar-refractivity contribution < 1.29 is 19.1 Å². The molecule has 3 amide bonds. The lowest BCUT2D eigenvalue weighted by Gasteiger charge is -2.24. The first kappa shape index (κ1) is 31.0. The van der Waals surface area contributed by atoms with Crippen molar-refractivity contribution in [2.45, 2.75) is 44.9 Å². The lowest BCUT2D eigenvalue weighted by molar-refractivity contribution is -0.130.